The number of likely N-dealkylation sites (tertiary alicyclic amines) is 1. The molecule has 2 aromatic heterocycles. The molecule has 4 heterocycles. The number of carboxylic acids is 3. The average Bonchev–Trinajstić information content (AvgIpc) is 3.28. The minimum absolute atomic E-state index is 0.286. The molecule has 1 atom stereocenters. The number of hydrogen-bond donors (Lipinski definition) is 3. The molecular formula is C24H24F9N3O7S. The van der Waals surface area contributed by atoms with Crippen LogP contribution in [0.1, 0.15) is 17.8 Å². The van der Waals surface area contributed by atoms with E-state index < -0.39 is 36.4 Å². The van der Waals surface area contributed by atoms with E-state index in [-0.39, 0.29) is 6.10 Å². The first-order valence-corrected chi connectivity index (χ1v) is 12.8. The van der Waals surface area contributed by atoms with E-state index >= 15 is 0 Å². The number of halogens is 9. The van der Waals surface area contributed by atoms with Gasteiger partial charge in [0.1, 0.15) is 6.10 Å². The van der Waals surface area contributed by atoms with Crippen LogP contribution in [0.2, 0.25) is 0 Å². The van der Waals surface area contributed by atoms with E-state index in [1.807, 2.05) is 31.2 Å². The van der Waals surface area contributed by atoms with Crippen molar-refractivity contribution in [2.45, 2.75) is 49.3 Å². The predicted molar refractivity (Wildman–Crippen MR) is 134 cm³/mol. The van der Waals surface area contributed by atoms with Crippen LogP contribution in [0.25, 0.3) is 0 Å². The first-order chi connectivity index (χ1) is 20.0. The molecule has 2 aliphatic heterocycles. The third kappa shape index (κ3) is 14.1. The summed E-state index contributed by atoms with van der Waals surface area (Å²) in [7, 11) is 0. The number of nitrogens with zero attached hydrogens (tertiary/aromatic N) is 3. The fourth-order valence-corrected chi connectivity index (χ4v) is 5.06. The Kier molecular flexibility index (Phi) is 13.7. The minimum atomic E-state index is -5.08. The summed E-state index contributed by atoms with van der Waals surface area (Å²) in [6.45, 7) is 5.27. The molecule has 2 aromatic rings. The van der Waals surface area contributed by atoms with Crippen LogP contribution in [-0.4, -0.2) is 96.3 Å². The molecule has 1 spiro atoms. The first-order valence-electron chi connectivity index (χ1n) is 11.8. The van der Waals surface area contributed by atoms with Gasteiger partial charge < -0.3 is 20.1 Å². The molecule has 3 N–H and O–H groups in total. The highest BCUT2D eigenvalue weighted by Gasteiger charge is 2.49. The molecule has 2 aliphatic rings. The Labute approximate surface area is 246 Å². The van der Waals surface area contributed by atoms with Gasteiger partial charge >= 0.3 is 36.4 Å². The molecule has 0 aliphatic carbocycles. The van der Waals surface area contributed by atoms with Crippen molar-refractivity contribution < 1.29 is 74.0 Å². The molecule has 20 heteroatoms. The zero-order valence-electron chi connectivity index (χ0n) is 22.3. The van der Waals surface area contributed by atoms with Crippen molar-refractivity contribution in [2.75, 3.05) is 18.8 Å². The molecule has 0 saturated carbocycles. The summed E-state index contributed by atoms with van der Waals surface area (Å²) in [4.78, 5) is 38.0. The van der Waals surface area contributed by atoms with Crippen molar-refractivity contribution in [3.05, 3.63) is 54.0 Å². The van der Waals surface area contributed by atoms with Crippen LogP contribution >= 0.6 is 11.8 Å². The van der Waals surface area contributed by atoms with Crippen LogP contribution in [0.5, 0.6) is 5.88 Å². The second kappa shape index (κ2) is 15.8. The number of carboxylic acid groups (broad SMARTS) is 3. The van der Waals surface area contributed by atoms with Crippen LogP contribution in [0.15, 0.2) is 42.6 Å². The van der Waals surface area contributed by atoms with Gasteiger partial charge in [0.15, 0.2) is 0 Å². The van der Waals surface area contributed by atoms with Gasteiger partial charge in [0, 0.05) is 54.5 Å². The Hall–Kier alpha value is -3.81. The van der Waals surface area contributed by atoms with E-state index in [9.17, 15) is 39.5 Å². The normalized spacial score (nSPS) is 17.4. The van der Waals surface area contributed by atoms with Crippen LogP contribution < -0.4 is 4.74 Å². The summed E-state index contributed by atoms with van der Waals surface area (Å²) in [5.41, 5.74) is 2.26. The van der Waals surface area contributed by atoms with E-state index in [1.165, 1.54) is 5.69 Å². The lowest BCUT2D eigenvalue weighted by Gasteiger charge is -2.47. The summed E-state index contributed by atoms with van der Waals surface area (Å²) >= 11 is 2.06. The number of pyridine rings is 2. The van der Waals surface area contributed by atoms with Crippen LogP contribution in [0.3, 0.4) is 0 Å². The summed E-state index contributed by atoms with van der Waals surface area (Å²) in [6.07, 6.45) is -12.1. The average molecular weight is 670 g/mol. The molecule has 4 rings (SSSR count). The van der Waals surface area contributed by atoms with Gasteiger partial charge in [-0.3, -0.25) is 9.88 Å². The Morgan fingerprint density at radius 1 is 0.886 bits per heavy atom. The highest BCUT2D eigenvalue weighted by molar-refractivity contribution is 8.01. The molecule has 0 radical (unpaired) electrons. The number of carbonyl (C=O) groups is 3. The highest BCUT2D eigenvalue weighted by Crippen LogP contribution is 2.46. The molecule has 1 unspecified atom stereocenters. The van der Waals surface area contributed by atoms with Crippen molar-refractivity contribution in [1.82, 2.24) is 14.9 Å². The van der Waals surface area contributed by atoms with Gasteiger partial charge in [-0.05, 0) is 25.1 Å². The molecule has 0 aromatic carbocycles. The van der Waals surface area contributed by atoms with Crippen molar-refractivity contribution >= 4 is 29.7 Å². The lowest BCUT2D eigenvalue weighted by molar-refractivity contribution is -0.193. The van der Waals surface area contributed by atoms with E-state index in [0.717, 1.165) is 43.4 Å². The van der Waals surface area contributed by atoms with Gasteiger partial charge in [-0.25, -0.2) is 19.4 Å². The van der Waals surface area contributed by atoms with E-state index in [1.54, 1.807) is 6.20 Å². The van der Waals surface area contributed by atoms with Gasteiger partial charge in [-0.15, -0.1) is 11.8 Å². The van der Waals surface area contributed by atoms with E-state index in [2.05, 4.69) is 38.8 Å². The number of alkyl halides is 9. The molecule has 10 nitrogen and oxygen atoms in total. The van der Waals surface area contributed by atoms with Crippen LogP contribution in [0.4, 0.5) is 39.5 Å². The van der Waals surface area contributed by atoms with Gasteiger partial charge in [-0.1, -0.05) is 12.1 Å². The lowest BCUT2D eigenvalue weighted by Crippen LogP contribution is -2.58. The molecule has 0 amide bonds. The molecule has 2 fully saturated rings. The lowest BCUT2D eigenvalue weighted by atomic mass is 9.93. The summed E-state index contributed by atoms with van der Waals surface area (Å²) in [5.74, 6) is -6.46. The second-order valence-corrected chi connectivity index (χ2v) is 10.4. The number of rotatable bonds is 4. The molecule has 246 valence electrons. The van der Waals surface area contributed by atoms with Crippen molar-refractivity contribution in [3.63, 3.8) is 0 Å². The first kappa shape index (κ1) is 38.2. The fraction of sp³-hybridized carbons (Fsp3) is 0.458. The third-order valence-electron chi connectivity index (χ3n) is 5.18. The smallest absolute Gasteiger partial charge is 0.475 e. The SMILES string of the molecule is Cc1cccc(CN2CC3(CC(Oc4ccccn4)CS3)C2)n1.O=C(O)C(F)(F)F.O=C(O)C(F)(F)F.O=C(O)C(F)(F)F. The number of thioether (sulfide) groups is 1. The summed E-state index contributed by atoms with van der Waals surface area (Å²) in [5, 5.41) is 21.4. The Bertz CT molecular complexity index is 1180. The maximum Gasteiger partial charge on any atom is 0.490 e. The largest absolute Gasteiger partial charge is 0.490 e. The Morgan fingerprint density at radius 2 is 1.39 bits per heavy atom. The molecule has 0 bridgehead atoms. The minimum Gasteiger partial charge on any atom is -0.475 e. The fourth-order valence-electron chi connectivity index (χ4n) is 3.48. The highest BCUT2D eigenvalue weighted by atomic mass is 32.2. The molecular weight excluding hydrogens is 645 g/mol. The van der Waals surface area contributed by atoms with E-state index in [0.29, 0.717) is 4.75 Å². The zero-order chi connectivity index (χ0) is 33.9. The molecule has 2 saturated heterocycles. The topological polar surface area (TPSA) is 150 Å². The van der Waals surface area contributed by atoms with E-state index in [4.69, 9.17) is 34.4 Å². The number of aliphatic carboxylic acids is 3. The Morgan fingerprint density at radius 3 is 1.80 bits per heavy atom. The van der Waals surface area contributed by atoms with Crippen LogP contribution in [-0.2, 0) is 20.9 Å². The number of ether oxygens (including phenoxy) is 1. The zero-order valence-corrected chi connectivity index (χ0v) is 23.1. The quantitative estimate of drug-likeness (QED) is 0.385. The maximum atomic E-state index is 10.6. The van der Waals surface area contributed by atoms with Crippen LogP contribution in [0, 0.1) is 6.92 Å². The van der Waals surface area contributed by atoms with Gasteiger partial charge in [-0.2, -0.15) is 39.5 Å². The maximum absolute atomic E-state index is 10.6. The van der Waals surface area contributed by atoms with Crippen molar-refractivity contribution in [3.8, 4) is 5.88 Å². The predicted octanol–water partition coefficient (Wildman–Crippen LogP) is 4.82. The third-order valence-corrected chi connectivity index (χ3v) is 6.76. The monoisotopic (exact) mass is 669 g/mol. The van der Waals surface area contributed by atoms with Gasteiger partial charge in [0.2, 0.25) is 5.88 Å². The van der Waals surface area contributed by atoms with Gasteiger partial charge in [0.05, 0.1) is 5.69 Å². The molecule has 44 heavy (non-hydrogen) atoms. The number of aryl methyl sites for hydroxylation is 1. The van der Waals surface area contributed by atoms with Crippen molar-refractivity contribution in [2.24, 2.45) is 0 Å². The van der Waals surface area contributed by atoms with Gasteiger partial charge in [0.25, 0.3) is 0 Å². The second-order valence-electron chi connectivity index (χ2n) is 8.93. The number of hydrogen-bond acceptors (Lipinski definition) is 8. The summed E-state index contributed by atoms with van der Waals surface area (Å²) < 4.78 is 102. The van der Waals surface area contributed by atoms with Crippen molar-refractivity contribution in [1.29, 1.82) is 0 Å². The summed E-state index contributed by atoms with van der Waals surface area (Å²) in [6, 6.07) is 12.1. The Balaban J connectivity index is 0.000000379. The standard InChI is InChI=1S/C18H21N3OS.3C2HF3O2/c1-14-5-4-6-15(20-14)10-21-12-18(13-21)9-16(11-23-18)22-17-7-2-3-8-19-17;3*3-2(4,5)1(6)7/h2-8,16H,9-13H2,1H3;3*(H,6,7). The number of aromatic nitrogens is 2.